The van der Waals surface area contributed by atoms with Crippen molar-refractivity contribution >= 4 is 23.1 Å². The molecule has 1 N–H and O–H groups in total. The average Bonchev–Trinajstić information content (AvgIpc) is 2.62. The van der Waals surface area contributed by atoms with E-state index in [9.17, 15) is 0 Å². The molecule has 0 atom stereocenters. The van der Waals surface area contributed by atoms with Gasteiger partial charge in [-0.15, -0.1) is 0 Å². The number of halogens is 1. The molecule has 1 saturated heterocycles. The molecule has 2 heterocycles. The molecule has 0 amide bonds. The van der Waals surface area contributed by atoms with Crippen molar-refractivity contribution in [1.29, 1.82) is 0 Å². The Kier molecular flexibility index (Phi) is 5.30. The highest BCUT2D eigenvalue weighted by Gasteiger charge is 2.20. The Morgan fingerprint density at radius 1 is 1.08 bits per heavy atom. The van der Waals surface area contributed by atoms with Gasteiger partial charge in [0.25, 0.3) is 0 Å². The van der Waals surface area contributed by atoms with Crippen molar-refractivity contribution in [2.75, 3.05) is 37.5 Å². The van der Waals surface area contributed by atoms with E-state index in [-0.39, 0.29) is 0 Å². The fraction of sp³-hybridized carbons (Fsp3) is 0.389. The van der Waals surface area contributed by atoms with Gasteiger partial charge in [0, 0.05) is 49.2 Å². The predicted molar refractivity (Wildman–Crippen MR) is 97.7 cm³/mol. The number of pyridine rings is 1. The molecule has 5 nitrogen and oxygen atoms in total. The van der Waals surface area contributed by atoms with E-state index in [2.05, 4.69) is 15.2 Å². The molecule has 1 aromatic heterocycles. The van der Waals surface area contributed by atoms with Crippen molar-refractivity contribution < 1.29 is 9.47 Å². The lowest BCUT2D eigenvalue weighted by Crippen LogP contribution is -2.39. The molecule has 128 valence electrons. The highest BCUT2D eigenvalue weighted by Crippen LogP contribution is 2.28. The second-order valence-electron chi connectivity index (χ2n) is 5.84. The van der Waals surface area contributed by atoms with E-state index >= 15 is 0 Å². The molecule has 3 rings (SSSR count). The van der Waals surface area contributed by atoms with Crippen LogP contribution >= 0.6 is 11.6 Å². The normalized spacial score (nSPS) is 15.2. The third-order valence-electron chi connectivity index (χ3n) is 4.25. The van der Waals surface area contributed by atoms with Crippen LogP contribution in [0.2, 0.25) is 5.02 Å². The van der Waals surface area contributed by atoms with Crippen LogP contribution in [-0.2, 0) is 0 Å². The zero-order chi connectivity index (χ0) is 16.9. The molecule has 1 aromatic carbocycles. The van der Waals surface area contributed by atoms with Gasteiger partial charge in [-0.05, 0) is 25.0 Å². The Morgan fingerprint density at radius 2 is 1.75 bits per heavy atom. The van der Waals surface area contributed by atoms with Crippen LogP contribution in [0.4, 0.5) is 11.5 Å². The monoisotopic (exact) mass is 347 g/mol. The maximum Gasteiger partial charge on any atom is 0.128 e. The first-order valence-electron chi connectivity index (χ1n) is 8.04. The number of ether oxygens (including phenoxy) is 2. The predicted octanol–water partition coefficient (Wildman–Crippen LogP) is 3.83. The summed E-state index contributed by atoms with van der Waals surface area (Å²) in [6, 6.07) is 10.1. The molecule has 0 unspecified atom stereocenters. The lowest BCUT2D eigenvalue weighted by atomic mass is 10.0. The van der Waals surface area contributed by atoms with Gasteiger partial charge in [0.1, 0.15) is 17.3 Å². The largest absolute Gasteiger partial charge is 0.497 e. The Hall–Kier alpha value is -2.14. The zero-order valence-electron chi connectivity index (χ0n) is 14.0. The van der Waals surface area contributed by atoms with Crippen LogP contribution in [-0.4, -0.2) is 38.3 Å². The molecule has 0 spiro atoms. The number of rotatable bonds is 5. The maximum atomic E-state index is 5.90. The number of piperidine rings is 1. The van der Waals surface area contributed by atoms with Crippen LogP contribution in [0.15, 0.2) is 36.5 Å². The van der Waals surface area contributed by atoms with Gasteiger partial charge in [0.05, 0.1) is 19.2 Å². The standard InChI is InChI=1S/C18H22ClN3O2/c1-23-16-9-15(10-17(11-16)24-2)21-14-5-7-22(8-6-14)18-4-3-13(19)12-20-18/h3-4,9-12,14,21H,5-8H2,1-2H3. The smallest absolute Gasteiger partial charge is 0.128 e. The molecule has 1 aliphatic rings. The summed E-state index contributed by atoms with van der Waals surface area (Å²) in [5, 5.41) is 4.25. The van der Waals surface area contributed by atoms with E-state index in [4.69, 9.17) is 21.1 Å². The minimum atomic E-state index is 0.422. The van der Waals surface area contributed by atoms with Crippen LogP contribution in [0, 0.1) is 0 Å². The van der Waals surface area contributed by atoms with E-state index in [0.717, 1.165) is 48.9 Å². The summed E-state index contributed by atoms with van der Waals surface area (Å²) in [4.78, 5) is 6.69. The summed E-state index contributed by atoms with van der Waals surface area (Å²) in [6.07, 6.45) is 3.79. The second kappa shape index (κ2) is 7.62. The molecule has 0 bridgehead atoms. The van der Waals surface area contributed by atoms with E-state index in [0.29, 0.717) is 11.1 Å². The Bertz CT molecular complexity index is 648. The fourth-order valence-electron chi connectivity index (χ4n) is 2.93. The summed E-state index contributed by atoms with van der Waals surface area (Å²) < 4.78 is 10.6. The number of nitrogens with zero attached hydrogens (tertiary/aromatic N) is 2. The number of anilines is 2. The van der Waals surface area contributed by atoms with Crippen LogP contribution in [0.25, 0.3) is 0 Å². The van der Waals surface area contributed by atoms with Crippen LogP contribution in [0.1, 0.15) is 12.8 Å². The quantitative estimate of drug-likeness (QED) is 0.890. The minimum absolute atomic E-state index is 0.422. The Morgan fingerprint density at radius 3 is 2.29 bits per heavy atom. The molecule has 24 heavy (non-hydrogen) atoms. The number of methoxy groups -OCH3 is 2. The van der Waals surface area contributed by atoms with Crippen molar-refractivity contribution in [3.63, 3.8) is 0 Å². The third-order valence-corrected chi connectivity index (χ3v) is 4.48. The number of benzene rings is 1. The van der Waals surface area contributed by atoms with Crippen molar-refractivity contribution in [2.45, 2.75) is 18.9 Å². The molecule has 0 saturated carbocycles. The lowest BCUT2D eigenvalue weighted by Gasteiger charge is -2.33. The van der Waals surface area contributed by atoms with Crippen molar-refractivity contribution in [3.05, 3.63) is 41.6 Å². The SMILES string of the molecule is COc1cc(NC2CCN(c3ccc(Cl)cn3)CC2)cc(OC)c1. The van der Waals surface area contributed by atoms with Gasteiger partial charge in [-0.1, -0.05) is 11.6 Å². The Labute approximate surface area is 147 Å². The molecular formula is C18H22ClN3O2. The number of hydrogen-bond acceptors (Lipinski definition) is 5. The van der Waals surface area contributed by atoms with Gasteiger partial charge in [-0.25, -0.2) is 4.98 Å². The molecule has 1 fully saturated rings. The second-order valence-corrected chi connectivity index (χ2v) is 6.28. The van der Waals surface area contributed by atoms with E-state index in [1.807, 2.05) is 30.3 Å². The van der Waals surface area contributed by atoms with Gasteiger partial charge in [0.2, 0.25) is 0 Å². The fourth-order valence-corrected chi connectivity index (χ4v) is 3.05. The summed E-state index contributed by atoms with van der Waals surface area (Å²) >= 11 is 5.90. The first kappa shape index (κ1) is 16.7. The zero-order valence-corrected chi connectivity index (χ0v) is 14.7. The van der Waals surface area contributed by atoms with Gasteiger partial charge in [-0.2, -0.15) is 0 Å². The maximum absolute atomic E-state index is 5.90. The van der Waals surface area contributed by atoms with E-state index in [1.54, 1.807) is 20.4 Å². The van der Waals surface area contributed by atoms with Crippen molar-refractivity contribution in [3.8, 4) is 11.5 Å². The average molecular weight is 348 g/mol. The van der Waals surface area contributed by atoms with Crippen LogP contribution in [0.3, 0.4) is 0 Å². The summed E-state index contributed by atoms with van der Waals surface area (Å²) in [7, 11) is 3.33. The van der Waals surface area contributed by atoms with Crippen LogP contribution in [0.5, 0.6) is 11.5 Å². The molecule has 0 radical (unpaired) electrons. The highest BCUT2D eigenvalue weighted by atomic mass is 35.5. The molecular weight excluding hydrogens is 326 g/mol. The first-order valence-corrected chi connectivity index (χ1v) is 8.42. The molecule has 6 heteroatoms. The first-order chi connectivity index (χ1) is 11.7. The Balaban J connectivity index is 1.60. The summed E-state index contributed by atoms with van der Waals surface area (Å²) in [6.45, 7) is 1.93. The van der Waals surface area contributed by atoms with E-state index in [1.165, 1.54) is 0 Å². The van der Waals surface area contributed by atoms with Gasteiger partial charge in [-0.3, -0.25) is 0 Å². The van der Waals surface area contributed by atoms with Crippen LogP contribution < -0.4 is 19.7 Å². The number of nitrogens with one attached hydrogen (secondary N) is 1. The van der Waals surface area contributed by atoms with Crippen molar-refractivity contribution in [1.82, 2.24) is 4.98 Å². The van der Waals surface area contributed by atoms with E-state index < -0.39 is 0 Å². The summed E-state index contributed by atoms with van der Waals surface area (Å²) in [5.41, 5.74) is 1.02. The van der Waals surface area contributed by atoms with Gasteiger partial charge < -0.3 is 19.7 Å². The third kappa shape index (κ3) is 4.03. The lowest BCUT2D eigenvalue weighted by molar-refractivity contribution is 0.394. The topological polar surface area (TPSA) is 46.6 Å². The number of aromatic nitrogens is 1. The molecule has 2 aromatic rings. The minimum Gasteiger partial charge on any atom is -0.497 e. The molecule has 0 aliphatic carbocycles. The highest BCUT2D eigenvalue weighted by molar-refractivity contribution is 6.30. The molecule has 1 aliphatic heterocycles. The van der Waals surface area contributed by atoms with Gasteiger partial charge >= 0.3 is 0 Å². The van der Waals surface area contributed by atoms with Gasteiger partial charge in [0.15, 0.2) is 0 Å². The summed E-state index contributed by atoms with van der Waals surface area (Å²) in [5.74, 6) is 2.57. The number of hydrogen-bond donors (Lipinski definition) is 1. The van der Waals surface area contributed by atoms with Crippen molar-refractivity contribution in [2.24, 2.45) is 0 Å².